The number of hydrogen-bond acceptors (Lipinski definition) is 4. The van der Waals surface area contributed by atoms with Crippen molar-refractivity contribution in [2.45, 2.75) is 25.4 Å². The predicted molar refractivity (Wildman–Crippen MR) is 89.7 cm³/mol. The lowest BCUT2D eigenvalue weighted by atomic mass is 10.00. The number of piperidine rings is 1. The van der Waals surface area contributed by atoms with Crippen LogP contribution in [0.3, 0.4) is 0 Å². The molecule has 2 aliphatic heterocycles. The van der Waals surface area contributed by atoms with Crippen LogP contribution in [0.25, 0.3) is 10.8 Å². The van der Waals surface area contributed by atoms with Gasteiger partial charge in [-0.2, -0.15) is 0 Å². The maximum absolute atomic E-state index is 12.9. The number of nitrogens with zero attached hydrogens (tertiary/aromatic N) is 1. The molecule has 6 nitrogen and oxygen atoms in total. The Hall–Kier alpha value is -2.73. The number of anilines is 1. The van der Waals surface area contributed by atoms with Crippen LogP contribution in [-0.2, 0) is 16.1 Å². The maximum atomic E-state index is 12.9. The Morgan fingerprint density at radius 1 is 1.21 bits per heavy atom. The number of nitrogens with one attached hydrogen (secondary N) is 2. The van der Waals surface area contributed by atoms with Gasteiger partial charge < -0.3 is 5.32 Å². The summed E-state index contributed by atoms with van der Waals surface area (Å²) >= 11 is 0. The van der Waals surface area contributed by atoms with Crippen molar-refractivity contribution in [3.63, 3.8) is 0 Å². The first kappa shape index (κ1) is 14.8. The number of hydrogen-bond donors (Lipinski definition) is 2. The van der Waals surface area contributed by atoms with Crippen LogP contribution >= 0.6 is 0 Å². The maximum Gasteiger partial charge on any atom is 0.259 e. The van der Waals surface area contributed by atoms with Crippen LogP contribution in [-0.4, -0.2) is 30.8 Å². The minimum absolute atomic E-state index is 0.174. The van der Waals surface area contributed by atoms with Crippen LogP contribution in [0, 0.1) is 0 Å². The minimum atomic E-state index is -0.638. The summed E-state index contributed by atoms with van der Waals surface area (Å²) in [6, 6.07) is 8.90. The second-order valence-electron chi connectivity index (χ2n) is 6.14. The van der Waals surface area contributed by atoms with Gasteiger partial charge in [0.2, 0.25) is 11.8 Å². The van der Waals surface area contributed by atoms with E-state index in [4.69, 9.17) is 0 Å². The number of carbonyl (C=O) groups is 3. The fourth-order valence-corrected chi connectivity index (χ4v) is 3.65. The van der Waals surface area contributed by atoms with Crippen LogP contribution in [0.5, 0.6) is 0 Å². The summed E-state index contributed by atoms with van der Waals surface area (Å²) in [4.78, 5) is 38.1. The van der Waals surface area contributed by atoms with Crippen LogP contribution in [0.1, 0.15) is 28.8 Å². The van der Waals surface area contributed by atoms with E-state index < -0.39 is 11.9 Å². The molecule has 0 unspecified atom stereocenters. The molecule has 2 aromatic rings. The van der Waals surface area contributed by atoms with E-state index in [0.29, 0.717) is 18.5 Å². The Labute approximate surface area is 138 Å². The summed E-state index contributed by atoms with van der Waals surface area (Å²) in [5, 5.41) is 7.37. The fourth-order valence-electron chi connectivity index (χ4n) is 3.65. The van der Waals surface area contributed by atoms with Gasteiger partial charge in [0.15, 0.2) is 0 Å². The third kappa shape index (κ3) is 2.03. The van der Waals surface area contributed by atoms with Gasteiger partial charge in [0.1, 0.15) is 6.04 Å². The molecule has 4 rings (SSSR count). The fraction of sp³-hybridized carbons (Fsp3) is 0.278. The van der Waals surface area contributed by atoms with Gasteiger partial charge in [-0.05, 0) is 36.6 Å². The zero-order chi connectivity index (χ0) is 16.8. The van der Waals surface area contributed by atoms with Crippen molar-refractivity contribution in [2.75, 3.05) is 11.9 Å². The van der Waals surface area contributed by atoms with E-state index in [1.54, 1.807) is 11.0 Å². The molecule has 0 aliphatic carbocycles. The topological polar surface area (TPSA) is 78.5 Å². The molecule has 2 N–H and O–H groups in total. The smallest absolute Gasteiger partial charge is 0.259 e. The highest BCUT2D eigenvalue weighted by Gasteiger charge is 2.40. The Bertz CT molecular complexity index is 890. The van der Waals surface area contributed by atoms with Gasteiger partial charge >= 0.3 is 0 Å². The lowest BCUT2D eigenvalue weighted by Crippen LogP contribution is -2.53. The molecular weight excluding hydrogens is 306 g/mol. The summed E-state index contributed by atoms with van der Waals surface area (Å²) in [6.45, 7) is 0.701. The highest BCUT2D eigenvalue weighted by Crippen LogP contribution is 2.40. The van der Waals surface area contributed by atoms with E-state index in [9.17, 15) is 14.4 Å². The Morgan fingerprint density at radius 3 is 2.79 bits per heavy atom. The molecule has 0 aromatic heterocycles. The molecule has 3 amide bonds. The Morgan fingerprint density at radius 2 is 2.04 bits per heavy atom. The summed E-state index contributed by atoms with van der Waals surface area (Å²) < 4.78 is 0. The second-order valence-corrected chi connectivity index (χ2v) is 6.14. The van der Waals surface area contributed by atoms with E-state index in [1.165, 1.54) is 0 Å². The van der Waals surface area contributed by atoms with Gasteiger partial charge in [0.05, 0.1) is 5.69 Å². The zero-order valence-corrected chi connectivity index (χ0v) is 13.3. The Balaban J connectivity index is 1.86. The van der Waals surface area contributed by atoms with E-state index in [-0.39, 0.29) is 18.2 Å². The number of carbonyl (C=O) groups excluding carboxylic acids is 3. The number of amides is 3. The van der Waals surface area contributed by atoms with Gasteiger partial charge in [-0.15, -0.1) is 0 Å². The third-order valence-electron chi connectivity index (χ3n) is 4.71. The van der Waals surface area contributed by atoms with Gasteiger partial charge in [0, 0.05) is 23.9 Å². The van der Waals surface area contributed by atoms with Crippen LogP contribution < -0.4 is 15.5 Å². The summed E-state index contributed by atoms with van der Waals surface area (Å²) in [6.07, 6.45) is 0.599. The molecule has 122 valence electrons. The van der Waals surface area contributed by atoms with Crippen molar-refractivity contribution in [3.8, 4) is 0 Å². The van der Waals surface area contributed by atoms with Gasteiger partial charge in [0.25, 0.3) is 5.91 Å². The predicted octanol–water partition coefficient (Wildman–Crippen LogP) is 1.32. The molecule has 0 spiro atoms. The van der Waals surface area contributed by atoms with Gasteiger partial charge in [-0.25, -0.2) is 0 Å². The lowest BCUT2D eigenvalue weighted by Gasteiger charge is -2.30. The summed E-state index contributed by atoms with van der Waals surface area (Å²) in [5.74, 6) is -0.860. The summed E-state index contributed by atoms with van der Waals surface area (Å²) in [5.41, 5.74) is 2.47. The number of rotatable bonds is 3. The van der Waals surface area contributed by atoms with Crippen molar-refractivity contribution >= 4 is 34.2 Å². The monoisotopic (exact) mass is 323 g/mol. The van der Waals surface area contributed by atoms with Crippen LogP contribution in [0.2, 0.25) is 0 Å². The third-order valence-corrected chi connectivity index (χ3v) is 4.71. The first-order chi connectivity index (χ1) is 11.6. The molecule has 0 radical (unpaired) electrons. The molecule has 0 bridgehead atoms. The average Bonchev–Trinajstić information content (AvgIpc) is 2.85. The highest BCUT2D eigenvalue weighted by atomic mass is 16.2. The molecule has 0 saturated carbocycles. The average molecular weight is 323 g/mol. The molecule has 1 atom stereocenters. The van der Waals surface area contributed by atoms with E-state index in [1.807, 2.05) is 31.3 Å². The van der Waals surface area contributed by atoms with Crippen molar-refractivity contribution in [3.05, 3.63) is 41.5 Å². The number of imide groups is 1. The van der Waals surface area contributed by atoms with Crippen molar-refractivity contribution in [2.24, 2.45) is 0 Å². The van der Waals surface area contributed by atoms with Gasteiger partial charge in [-0.3, -0.25) is 24.6 Å². The summed E-state index contributed by atoms with van der Waals surface area (Å²) in [7, 11) is 1.88. The molecular formula is C18H17N3O3. The zero-order valence-electron chi connectivity index (χ0n) is 13.3. The molecule has 1 saturated heterocycles. The standard InChI is InChI=1S/C18H17N3O3/c1-19-9-10-5-6-13-16-11(10)3-2-4-12(16)18(24)21(13)14-7-8-15(22)20-17(14)23/h2-6,14,19H,7-9H2,1H3,(H,20,22,23)/t14-/m0/s1. The lowest BCUT2D eigenvalue weighted by molar-refractivity contribution is -0.134. The largest absolute Gasteiger partial charge is 0.316 e. The molecule has 2 aliphatic rings. The van der Waals surface area contributed by atoms with Crippen molar-refractivity contribution in [1.82, 2.24) is 10.6 Å². The van der Waals surface area contributed by atoms with E-state index in [2.05, 4.69) is 10.6 Å². The highest BCUT2D eigenvalue weighted by molar-refractivity contribution is 6.27. The van der Waals surface area contributed by atoms with Crippen molar-refractivity contribution in [1.29, 1.82) is 0 Å². The molecule has 6 heteroatoms. The van der Waals surface area contributed by atoms with E-state index >= 15 is 0 Å². The van der Waals surface area contributed by atoms with Crippen LogP contribution in [0.15, 0.2) is 30.3 Å². The molecule has 24 heavy (non-hydrogen) atoms. The van der Waals surface area contributed by atoms with E-state index in [0.717, 1.165) is 22.0 Å². The van der Waals surface area contributed by atoms with Crippen molar-refractivity contribution < 1.29 is 14.4 Å². The minimum Gasteiger partial charge on any atom is -0.316 e. The first-order valence-electron chi connectivity index (χ1n) is 7.98. The van der Waals surface area contributed by atoms with Gasteiger partial charge in [-0.1, -0.05) is 18.2 Å². The quantitative estimate of drug-likeness (QED) is 0.835. The normalized spacial score (nSPS) is 20.0. The molecule has 2 aromatic carbocycles. The Kier molecular flexibility index (Phi) is 3.35. The van der Waals surface area contributed by atoms with Crippen LogP contribution in [0.4, 0.5) is 5.69 Å². The SMILES string of the molecule is CNCc1ccc2c3c(cccc13)C(=O)N2[C@H]1CCC(=O)NC1=O. The molecule has 1 fully saturated rings. The molecule has 2 heterocycles. The number of benzene rings is 2. The second kappa shape index (κ2) is 5.42. The first-order valence-corrected chi connectivity index (χ1v) is 7.98.